The van der Waals surface area contributed by atoms with Crippen molar-refractivity contribution in [3.8, 4) is 5.75 Å². The van der Waals surface area contributed by atoms with Gasteiger partial charge in [0, 0.05) is 45.6 Å². The molecule has 1 aromatic carbocycles. The average molecular weight is 341 g/mol. The van der Waals surface area contributed by atoms with Crippen molar-refractivity contribution in [3.63, 3.8) is 0 Å². The number of benzene rings is 1. The van der Waals surface area contributed by atoms with Crippen molar-refractivity contribution in [2.75, 3.05) is 32.8 Å². The molecule has 132 valence electrons. The third kappa shape index (κ3) is 4.21. The highest BCUT2D eigenvalue weighted by Crippen LogP contribution is 2.13. The van der Waals surface area contributed by atoms with Crippen LogP contribution in [0.3, 0.4) is 0 Å². The molecular formula is C19H23N3O3. The highest BCUT2D eigenvalue weighted by atomic mass is 16.5. The fourth-order valence-electron chi connectivity index (χ4n) is 2.84. The second-order valence-electron chi connectivity index (χ2n) is 6.34. The van der Waals surface area contributed by atoms with Gasteiger partial charge in [0.15, 0.2) is 6.61 Å². The lowest BCUT2D eigenvalue weighted by Crippen LogP contribution is -2.51. The molecule has 1 fully saturated rings. The third-order valence-electron chi connectivity index (χ3n) is 4.38. The molecule has 3 rings (SSSR count). The number of aromatic nitrogens is 1. The monoisotopic (exact) mass is 341 g/mol. The Morgan fingerprint density at radius 2 is 1.64 bits per heavy atom. The fourth-order valence-corrected chi connectivity index (χ4v) is 2.84. The zero-order valence-corrected chi connectivity index (χ0v) is 14.6. The van der Waals surface area contributed by atoms with Gasteiger partial charge in [-0.15, -0.1) is 0 Å². The molecule has 6 heteroatoms. The van der Waals surface area contributed by atoms with Gasteiger partial charge in [-0.3, -0.25) is 9.59 Å². The lowest BCUT2D eigenvalue weighted by molar-refractivity contribution is -0.134. The van der Waals surface area contributed by atoms with Crippen molar-refractivity contribution in [1.29, 1.82) is 0 Å². The number of rotatable bonds is 4. The minimum atomic E-state index is -0.0487. The van der Waals surface area contributed by atoms with Crippen LogP contribution >= 0.6 is 0 Å². The minimum Gasteiger partial charge on any atom is -0.484 e. The van der Waals surface area contributed by atoms with E-state index in [0.717, 1.165) is 5.56 Å². The molecule has 0 N–H and O–H groups in total. The minimum absolute atomic E-state index is 0.0172. The Hall–Kier alpha value is -2.76. The fraction of sp³-hybridized carbons (Fsp3) is 0.368. The first-order chi connectivity index (χ1) is 12.0. The number of amides is 2. The molecule has 2 amide bonds. The maximum absolute atomic E-state index is 12.4. The Morgan fingerprint density at radius 3 is 2.24 bits per heavy atom. The molecule has 0 bridgehead atoms. The van der Waals surface area contributed by atoms with E-state index in [0.29, 0.717) is 37.5 Å². The molecular weight excluding hydrogens is 318 g/mol. The largest absolute Gasteiger partial charge is 0.484 e. The number of hydrogen-bond acceptors (Lipinski definition) is 3. The molecule has 6 nitrogen and oxygen atoms in total. The predicted molar refractivity (Wildman–Crippen MR) is 94.6 cm³/mol. The average Bonchev–Trinajstić information content (AvgIpc) is 3.07. The summed E-state index contributed by atoms with van der Waals surface area (Å²) in [7, 11) is 1.89. The quantitative estimate of drug-likeness (QED) is 0.850. The van der Waals surface area contributed by atoms with Crippen LogP contribution in [0.5, 0.6) is 5.75 Å². The number of carbonyl (C=O) groups excluding carboxylic acids is 2. The Labute approximate surface area is 147 Å². The van der Waals surface area contributed by atoms with Gasteiger partial charge < -0.3 is 19.1 Å². The van der Waals surface area contributed by atoms with Gasteiger partial charge in [-0.2, -0.15) is 0 Å². The van der Waals surface area contributed by atoms with Gasteiger partial charge in [0.2, 0.25) is 0 Å². The van der Waals surface area contributed by atoms with E-state index >= 15 is 0 Å². The highest BCUT2D eigenvalue weighted by molar-refractivity contribution is 5.94. The van der Waals surface area contributed by atoms with Crippen LogP contribution in [-0.4, -0.2) is 59.0 Å². The second kappa shape index (κ2) is 7.42. The summed E-state index contributed by atoms with van der Waals surface area (Å²) < 4.78 is 7.40. The summed E-state index contributed by atoms with van der Waals surface area (Å²) in [6.07, 6.45) is 3.67. The number of piperazine rings is 1. The van der Waals surface area contributed by atoms with Gasteiger partial charge in [-0.25, -0.2) is 0 Å². The smallest absolute Gasteiger partial charge is 0.260 e. The summed E-state index contributed by atoms with van der Waals surface area (Å²) in [5.74, 6) is 0.660. The van der Waals surface area contributed by atoms with Crippen LogP contribution in [0.2, 0.25) is 0 Å². The van der Waals surface area contributed by atoms with Gasteiger partial charge in [0.05, 0.1) is 5.56 Å². The van der Waals surface area contributed by atoms with Crippen molar-refractivity contribution >= 4 is 11.8 Å². The molecule has 0 aliphatic carbocycles. The number of aryl methyl sites for hydroxylation is 2. The molecule has 0 spiro atoms. The summed E-state index contributed by atoms with van der Waals surface area (Å²) in [6, 6.07) is 9.44. The first kappa shape index (κ1) is 17.1. The van der Waals surface area contributed by atoms with E-state index in [1.165, 1.54) is 0 Å². The number of carbonyl (C=O) groups is 2. The molecule has 25 heavy (non-hydrogen) atoms. The van der Waals surface area contributed by atoms with Crippen LogP contribution < -0.4 is 4.74 Å². The van der Waals surface area contributed by atoms with Crippen molar-refractivity contribution in [3.05, 3.63) is 53.9 Å². The van der Waals surface area contributed by atoms with Gasteiger partial charge in [-0.05, 0) is 25.1 Å². The zero-order valence-electron chi connectivity index (χ0n) is 14.6. The molecule has 1 aliphatic rings. The highest BCUT2D eigenvalue weighted by Gasteiger charge is 2.25. The molecule has 1 aliphatic heterocycles. The number of ether oxygens (including phenoxy) is 1. The van der Waals surface area contributed by atoms with Crippen molar-refractivity contribution in [2.24, 2.45) is 7.05 Å². The molecule has 0 unspecified atom stereocenters. The van der Waals surface area contributed by atoms with Crippen LogP contribution in [0.4, 0.5) is 0 Å². The van der Waals surface area contributed by atoms with Gasteiger partial charge in [0.1, 0.15) is 5.75 Å². The Morgan fingerprint density at radius 1 is 1.00 bits per heavy atom. The van der Waals surface area contributed by atoms with E-state index in [1.54, 1.807) is 9.80 Å². The summed E-state index contributed by atoms with van der Waals surface area (Å²) in [5.41, 5.74) is 1.84. The van der Waals surface area contributed by atoms with E-state index in [1.807, 2.05) is 61.3 Å². The van der Waals surface area contributed by atoms with E-state index in [2.05, 4.69) is 0 Å². The Balaban J connectivity index is 1.47. The Bertz CT molecular complexity index is 744. The second-order valence-corrected chi connectivity index (χ2v) is 6.34. The predicted octanol–water partition coefficient (Wildman–Crippen LogP) is 1.70. The molecule has 0 radical (unpaired) electrons. The van der Waals surface area contributed by atoms with E-state index < -0.39 is 0 Å². The van der Waals surface area contributed by atoms with Crippen molar-refractivity contribution < 1.29 is 14.3 Å². The topological polar surface area (TPSA) is 54.8 Å². The van der Waals surface area contributed by atoms with Crippen molar-refractivity contribution in [1.82, 2.24) is 14.4 Å². The van der Waals surface area contributed by atoms with Crippen LogP contribution in [0, 0.1) is 6.92 Å². The van der Waals surface area contributed by atoms with E-state index in [9.17, 15) is 9.59 Å². The number of hydrogen-bond donors (Lipinski definition) is 0. The molecule has 1 aromatic heterocycles. The van der Waals surface area contributed by atoms with Crippen molar-refractivity contribution in [2.45, 2.75) is 6.92 Å². The summed E-state index contributed by atoms with van der Waals surface area (Å²) >= 11 is 0. The van der Waals surface area contributed by atoms with Crippen LogP contribution in [0.25, 0.3) is 0 Å². The molecule has 2 aromatic rings. The summed E-state index contributed by atoms with van der Waals surface area (Å²) in [6.45, 7) is 4.19. The zero-order chi connectivity index (χ0) is 17.8. The maximum atomic E-state index is 12.4. The maximum Gasteiger partial charge on any atom is 0.260 e. The third-order valence-corrected chi connectivity index (χ3v) is 4.38. The molecule has 0 saturated carbocycles. The first-order valence-corrected chi connectivity index (χ1v) is 8.41. The van der Waals surface area contributed by atoms with Gasteiger partial charge in [0.25, 0.3) is 11.8 Å². The van der Waals surface area contributed by atoms with Crippen LogP contribution in [0.15, 0.2) is 42.7 Å². The molecule has 1 saturated heterocycles. The summed E-state index contributed by atoms with van der Waals surface area (Å²) in [4.78, 5) is 28.2. The SMILES string of the molecule is Cc1ccc(OCC(=O)N2CCN(C(=O)c3ccn(C)c3)CC2)cc1. The van der Waals surface area contributed by atoms with Crippen LogP contribution in [-0.2, 0) is 11.8 Å². The number of nitrogens with zero attached hydrogens (tertiary/aromatic N) is 3. The molecule has 0 atom stereocenters. The summed E-state index contributed by atoms with van der Waals surface area (Å²) in [5, 5.41) is 0. The lowest BCUT2D eigenvalue weighted by atomic mass is 10.2. The lowest BCUT2D eigenvalue weighted by Gasteiger charge is -2.34. The van der Waals surface area contributed by atoms with Gasteiger partial charge in [-0.1, -0.05) is 17.7 Å². The van der Waals surface area contributed by atoms with Crippen LogP contribution in [0.1, 0.15) is 15.9 Å². The Kier molecular flexibility index (Phi) is 5.07. The molecule has 2 heterocycles. The first-order valence-electron chi connectivity index (χ1n) is 8.41. The standard InChI is InChI=1S/C19H23N3O3/c1-15-3-5-17(6-4-15)25-14-18(23)21-9-11-22(12-10-21)19(24)16-7-8-20(2)13-16/h3-8,13H,9-12,14H2,1-2H3. The van der Waals surface area contributed by atoms with E-state index in [4.69, 9.17) is 4.74 Å². The van der Waals surface area contributed by atoms with E-state index in [-0.39, 0.29) is 18.4 Å². The van der Waals surface area contributed by atoms with Gasteiger partial charge >= 0.3 is 0 Å². The normalized spacial score (nSPS) is 14.5.